The number of halogens is 8. The first-order valence-electron chi connectivity index (χ1n) is 9.06. The van der Waals surface area contributed by atoms with Gasteiger partial charge in [-0.15, -0.1) is 0 Å². The number of hydrogen-bond donors (Lipinski definition) is 1. The first kappa shape index (κ1) is 25.2. The van der Waals surface area contributed by atoms with Gasteiger partial charge in [-0.2, -0.15) is 31.6 Å². The van der Waals surface area contributed by atoms with E-state index in [1.165, 1.54) is 18.2 Å². The first-order chi connectivity index (χ1) is 15.8. The molecule has 0 unspecified atom stereocenters. The number of nitrogens with one attached hydrogen (secondary N) is 1. The van der Waals surface area contributed by atoms with E-state index >= 15 is 0 Å². The lowest BCUT2D eigenvalue weighted by atomic mass is 10.1. The number of hydrogen-bond acceptors (Lipinski definition) is 3. The zero-order valence-electron chi connectivity index (χ0n) is 16.5. The standard InChI is InChI=1S/C22H10Cl2F6N2O2/c23-17-3-1-2-16(19(17)24)18-5-4-15(34-18)6-11(10-31)20(33)32-14-8-12(21(25,26)27)7-13(9-14)22(28,29)30/h1-9H,(H,32,33)/b11-6+. The second kappa shape index (κ2) is 9.44. The van der Waals surface area contributed by atoms with Crippen molar-refractivity contribution in [2.45, 2.75) is 12.4 Å². The Balaban J connectivity index is 1.91. The summed E-state index contributed by atoms with van der Waals surface area (Å²) >= 11 is 12.1. The van der Waals surface area contributed by atoms with Gasteiger partial charge < -0.3 is 9.73 Å². The summed E-state index contributed by atoms with van der Waals surface area (Å²) < 4.78 is 83.6. The molecular weight excluding hydrogens is 509 g/mol. The lowest BCUT2D eigenvalue weighted by Gasteiger charge is -2.14. The molecule has 0 aliphatic heterocycles. The number of amides is 1. The molecule has 3 rings (SSSR count). The van der Waals surface area contributed by atoms with Crippen LogP contribution in [0.4, 0.5) is 32.0 Å². The molecule has 0 spiro atoms. The number of rotatable bonds is 4. The predicted molar refractivity (Wildman–Crippen MR) is 113 cm³/mol. The van der Waals surface area contributed by atoms with Gasteiger partial charge in [0.2, 0.25) is 0 Å². The first-order valence-corrected chi connectivity index (χ1v) is 9.82. The van der Waals surface area contributed by atoms with E-state index < -0.39 is 40.6 Å². The molecule has 176 valence electrons. The molecule has 0 radical (unpaired) electrons. The van der Waals surface area contributed by atoms with E-state index in [0.717, 1.165) is 6.08 Å². The van der Waals surface area contributed by atoms with Crippen LogP contribution in [0, 0.1) is 11.3 Å². The minimum Gasteiger partial charge on any atom is -0.457 e. The number of nitriles is 1. The summed E-state index contributed by atoms with van der Waals surface area (Å²) in [5.41, 5.74) is -4.24. The highest BCUT2D eigenvalue weighted by atomic mass is 35.5. The second-order valence-corrected chi connectivity index (χ2v) is 7.51. The number of nitrogens with zero attached hydrogens (tertiary/aromatic N) is 1. The van der Waals surface area contributed by atoms with Crippen molar-refractivity contribution in [3.63, 3.8) is 0 Å². The van der Waals surface area contributed by atoms with E-state index in [2.05, 4.69) is 0 Å². The highest BCUT2D eigenvalue weighted by Crippen LogP contribution is 2.38. The predicted octanol–water partition coefficient (Wildman–Crippen LogP) is 7.84. The number of carbonyl (C=O) groups excluding carboxylic acids is 1. The average Bonchev–Trinajstić information content (AvgIpc) is 3.20. The van der Waals surface area contributed by atoms with Crippen LogP contribution in [0.25, 0.3) is 17.4 Å². The van der Waals surface area contributed by atoms with Crippen LogP contribution in [-0.4, -0.2) is 5.91 Å². The molecule has 34 heavy (non-hydrogen) atoms. The lowest BCUT2D eigenvalue weighted by molar-refractivity contribution is -0.143. The van der Waals surface area contributed by atoms with Gasteiger partial charge in [0, 0.05) is 17.3 Å². The molecule has 1 aromatic heterocycles. The highest BCUT2D eigenvalue weighted by Gasteiger charge is 2.37. The number of furan rings is 1. The van der Waals surface area contributed by atoms with E-state index in [9.17, 15) is 36.4 Å². The van der Waals surface area contributed by atoms with Crippen molar-refractivity contribution in [1.82, 2.24) is 0 Å². The van der Waals surface area contributed by atoms with Crippen LogP contribution in [-0.2, 0) is 17.1 Å². The van der Waals surface area contributed by atoms with Gasteiger partial charge in [0.05, 0.1) is 21.2 Å². The molecule has 0 aliphatic rings. The Bertz CT molecular complexity index is 1290. The largest absolute Gasteiger partial charge is 0.457 e. The van der Waals surface area contributed by atoms with E-state index in [-0.39, 0.29) is 27.6 Å². The van der Waals surface area contributed by atoms with Crippen LogP contribution in [0.5, 0.6) is 0 Å². The zero-order chi connectivity index (χ0) is 25.3. The van der Waals surface area contributed by atoms with Crippen LogP contribution in [0.1, 0.15) is 16.9 Å². The molecule has 0 saturated heterocycles. The summed E-state index contributed by atoms with van der Waals surface area (Å²) in [6.45, 7) is 0. The summed E-state index contributed by atoms with van der Waals surface area (Å²) in [5, 5.41) is 11.6. The van der Waals surface area contributed by atoms with Gasteiger partial charge in [0.25, 0.3) is 5.91 Å². The number of alkyl halides is 6. The van der Waals surface area contributed by atoms with Crippen LogP contribution < -0.4 is 5.32 Å². The van der Waals surface area contributed by atoms with Crippen LogP contribution in [0.15, 0.2) is 58.5 Å². The molecule has 12 heteroatoms. The third-order valence-electron chi connectivity index (χ3n) is 4.34. The smallest absolute Gasteiger partial charge is 0.416 e. The topological polar surface area (TPSA) is 66.0 Å². The number of benzene rings is 2. The molecule has 3 aromatic rings. The third kappa shape index (κ3) is 5.73. The van der Waals surface area contributed by atoms with Crippen molar-refractivity contribution in [3.05, 3.63) is 81.0 Å². The second-order valence-electron chi connectivity index (χ2n) is 6.72. The maximum absolute atomic E-state index is 13.0. The van der Waals surface area contributed by atoms with Gasteiger partial charge in [0.15, 0.2) is 0 Å². The van der Waals surface area contributed by atoms with Crippen LogP contribution in [0.2, 0.25) is 10.0 Å². The maximum Gasteiger partial charge on any atom is 0.416 e. The molecule has 0 bridgehead atoms. The van der Waals surface area contributed by atoms with Crippen molar-refractivity contribution < 1.29 is 35.6 Å². The molecule has 0 fully saturated rings. The van der Waals surface area contributed by atoms with Gasteiger partial charge in [0.1, 0.15) is 23.2 Å². The SMILES string of the molecule is N#C/C(=C\c1ccc(-c2cccc(Cl)c2Cl)o1)C(=O)Nc1cc(C(F)(F)F)cc(C(F)(F)F)c1. The van der Waals surface area contributed by atoms with Gasteiger partial charge in [-0.25, -0.2) is 0 Å². The molecule has 2 aromatic carbocycles. The average molecular weight is 519 g/mol. The zero-order valence-corrected chi connectivity index (χ0v) is 18.0. The number of anilines is 1. The molecule has 1 amide bonds. The molecular formula is C22H10Cl2F6N2O2. The fraction of sp³-hybridized carbons (Fsp3) is 0.0909. The third-order valence-corrected chi connectivity index (χ3v) is 5.16. The van der Waals surface area contributed by atoms with Gasteiger partial charge in [-0.1, -0.05) is 29.3 Å². The number of carbonyl (C=O) groups is 1. The molecule has 1 heterocycles. The van der Waals surface area contributed by atoms with Crippen LogP contribution >= 0.6 is 23.2 Å². The van der Waals surface area contributed by atoms with E-state index in [0.29, 0.717) is 17.7 Å². The molecule has 1 N–H and O–H groups in total. The van der Waals surface area contributed by atoms with Crippen molar-refractivity contribution >= 4 is 40.9 Å². The molecule has 4 nitrogen and oxygen atoms in total. The molecule has 0 atom stereocenters. The molecule has 0 saturated carbocycles. The quantitative estimate of drug-likeness (QED) is 0.217. The fourth-order valence-corrected chi connectivity index (χ4v) is 3.18. The summed E-state index contributed by atoms with van der Waals surface area (Å²) in [6, 6.07) is 9.71. The van der Waals surface area contributed by atoms with Gasteiger partial charge in [-0.3, -0.25) is 4.79 Å². The van der Waals surface area contributed by atoms with Crippen molar-refractivity contribution in [2.24, 2.45) is 0 Å². The monoisotopic (exact) mass is 518 g/mol. The Morgan fingerprint density at radius 3 is 2.15 bits per heavy atom. The van der Waals surface area contributed by atoms with Crippen LogP contribution in [0.3, 0.4) is 0 Å². The highest BCUT2D eigenvalue weighted by molar-refractivity contribution is 6.43. The van der Waals surface area contributed by atoms with Gasteiger partial charge >= 0.3 is 12.4 Å². The van der Waals surface area contributed by atoms with Gasteiger partial charge in [-0.05, 0) is 42.5 Å². The minimum absolute atomic E-state index is 0.00207. The Kier molecular flexibility index (Phi) is 7.00. The summed E-state index contributed by atoms with van der Waals surface area (Å²) in [6.07, 6.45) is -9.23. The van der Waals surface area contributed by atoms with Crippen molar-refractivity contribution in [1.29, 1.82) is 5.26 Å². The normalized spacial score (nSPS) is 12.4. The summed E-state index contributed by atoms with van der Waals surface area (Å²) in [7, 11) is 0. The maximum atomic E-state index is 13.0. The Morgan fingerprint density at radius 1 is 0.971 bits per heavy atom. The summed E-state index contributed by atoms with van der Waals surface area (Å²) in [4.78, 5) is 12.4. The summed E-state index contributed by atoms with van der Waals surface area (Å²) in [5.74, 6) is -1.00. The van der Waals surface area contributed by atoms with Crippen molar-refractivity contribution in [2.75, 3.05) is 5.32 Å². The van der Waals surface area contributed by atoms with E-state index in [1.807, 2.05) is 5.32 Å². The van der Waals surface area contributed by atoms with Crippen molar-refractivity contribution in [3.8, 4) is 17.4 Å². The Hall–Kier alpha value is -3.42. The Labute approximate surface area is 198 Å². The minimum atomic E-state index is -5.10. The fourth-order valence-electron chi connectivity index (χ4n) is 2.79. The molecule has 0 aliphatic carbocycles. The van der Waals surface area contributed by atoms with E-state index in [4.69, 9.17) is 27.6 Å². The lowest BCUT2D eigenvalue weighted by Crippen LogP contribution is -2.16. The Morgan fingerprint density at radius 2 is 1.59 bits per heavy atom. The van der Waals surface area contributed by atoms with E-state index in [1.54, 1.807) is 18.2 Å².